The SMILES string of the molecule is Cc1ccc(-c2ccsc2C(=O)NNS(=O)(=O)c2ccc(C(N)=O)cc2)cc1. The van der Waals surface area contributed by atoms with Crippen LogP contribution in [0, 0.1) is 6.92 Å². The van der Waals surface area contributed by atoms with Crippen LogP contribution in [0.3, 0.4) is 0 Å². The van der Waals surface area contributed by atoms with Crippen LogP contribution in [-0.2, 0) is 10.0 Å². The number of hydrogen-bond donors (Lipinski definition) is 3. The number of sulfonamides is 1. The Morgan fingerprint density at radius 3 is 2.21 bits per heavy atom. The molecule has 2 amide bonds. The molecule has 0 saturated carbocycles. The van der Waals surface area contributed by atoms with Crippen LogP contribution in [0.2, 0.25) is 0 Å². The Bertz CT molecular complexity index is 1120. The van der Waals surface area contributed by atoms with Crippen molar-refractivity contribution in [3.05, 3.63) is 76.0 Å². The van der Waals surface area contributed by atoms with E-state index < -0.39 is 21.8 Å². The van der Waals surface area contributed by atoms with Gasteiger partial charge in [-0.25, -0.2) is 8.42 Å². The molecule has 0 saturated heterocycles. The van der Waals surface area contributed by atoms with Crippen molar-refractivity contribution in [1.29, 1.82) is 0 Å². The first kappa shape index (κ1) is 19.7. The van der Waals surface area contributed by atoms with Crippen LogP contribution in [0.15, 0.2) is 64.9 Å². The Labute approximate surface area is 166 Å². The quantitative estimate of drug-likeness (QED) is 0.536. The molecule has 7 nitrogen and oxygen atoms in total. The van der Waals surface area contributed by atoms with E-state index in [1.54, 1.807) is 11.4 Å². The number of carbonyl (C=O) groups is 2. The van der Waals surface area contributed by atoms with Crippen molar-refractivity contribution in [2.24, 2.45) is 5.73 Å². The predicted octanol–water partition coefficient (Wildman–Crippen LogP) is 2.45. The molecule has 144 valence electrons. The maximum Gasteiger partial charge on any atom is 0.276 e. The second-order valence-electron chi connectivity index (χ2n) is 5.98. The van der Waals surface area contributed by atoms with Crippen LogP contribution in [0.1, 0.15) is 25.6 Å². The largest absolute Gasteiger partial charge is 0.366 e. The average molecular weight is 415 g/mol. The van der Waals surface area contributed by atoms with Crippen molar-refractivity contribution < 1.29 is 18.0 Å². The first-order valence-corrected chi connectivity index (χ1v) is 10.5. The van der Waals surface area contributed by atoms with Gasteiger partial charge in [0.25, 0.3) is 15.9 Å². The molecule has 3 aromatic rings. The predicted molar refractivity (Wildman–Crippen MR) is 107 cm³/mol. The van der Waals surface area contributed by atoms with Crippen molar-refractivity contribution in [3.8, 4) is 11.1 Å². The number of benzene rings is 2. The van der Waals surface area contributed by atoms with Gasteiger partial charge in [-0.2, -0.15) is 0 Å². The lowest BCUT2D eigenvalue weighted by atomic mass is 10.1. The number of aryl methyl sites for hydroxylation is 1. The molecule has 0 bridgehead atoms. The molecular weight excluding hydrogens is 398 g/mol. The molecule has 0 fully saturated rings. The number of nitrogens with one attached hydrogen (secondary N) is 2. The Kier molecular flexibility index (Phi) is 5.59. The molecule has 0 aliphatic rings. The van der Waals surface area contributed by atoms with Gasteiger partial charge in [-0.05, 0) is 48.2 Å². The zero-order valence-corrected chi connectivity index (χ0v) is 16.4. The summed E-state index contributed by atoms with van der Waals surface area (Å²) in [6.07, 6.45) is 0. The van der Waals surface area contributed by atoms with E-state index in [0.29, 0.717) is 10.4 Å². The molecule has 3 rings (SSSR count). The van der Waals surface area contributed by atoms with Gasteiger partial charge in [0.1, 0.15) is 4.88 Å². The monoisotopic (exact) mass is 415 g/mol. The van der Waals surface area contributed by atoms with Gasteiger partial charge < -0.3 is 5.73 Å². The molecule has 1 aromatic heterocycles. The maximum absolute atomic E-state index is 12.5. The fourth-order valence-electron chi connectivity index (χ4n) is 2.47. The molecule has 4 N–H and O–H groups in total. The smallest absolute Gasteiger partial charge is 0.276 e. The Hall–Kier alpha value is -3.01. The fraction of sp³-hybridized carbons (Fsp3) is 0.0526. The molecule has 0 atom stereocenters. The van der Waals surface area contributed by atoms with Crippen molar-refractivity contribution in [2.45, 2.75) is 11.8 Å². The number of thiophene rings is 1. The Morgan fingerprint density at radius 2 is 1.61 bits per heavy atom. The summed E-state index contributed by atoms with van der Waals surface area (Å²) in [6, 6.07) is 14.6. The third-order valence-electron chi connectivity index (χ3n) is 3.98. The number of hydrazine groups is 1. The van der Waals surface area contributed by atoms with Gasteiger partial charge in [-0.15, -0.1) is 16.2 Å². The van der Waals surface area contributed by atoms with Gasteiger partial charge in [0, 0.05) is 11.1 Å². The van der Waals surface area contributed by atoms with E-state index in [-0.39, 0.29) is 10.5 Å². The lowest BCUT2D eigenvalue weighted by Crippen LogP contribution is -2.41. The third-order valence-corrected chi connectivity index (χ3v) is 6.16. The van der Waals surface area contributed by atoms with Crippen LogP contribution in [0.25, 0.3) is 11.1 Å². The van der Waals surface area contributed by atoms with E-state index in [9.17, 15) is 18.0 Å². The fourth-order valence-corrected chi connectivity index (χ4v) is 4.12. The summed E-state index contributed by atoms with van der Waals surface area (Å²) < 4.78 is 24.7. The summed E-state index contributed by atoms with van der Waals surface area (Å²) in [7, 11) is -4.00. The van der Waals surface area contributed by atoms with E-state index >= 15 is 0 Å². The number of hydrogen-bond acceptors (Lipinski definition) is 5. The first-order chi connectivity index (χ1) is 13.3. The number of carbonyl (C=O) groups excluding carboxylic acids is 2. The van der Waals surface area contributed by atoms with Gasteiger partial charge in [0.15, 0.2) is 0 Å². The average Bonchev–Trinajstić information content (AvgIpc) is 3.17. The minimum Gasteiger partial charge on any atom is -0.366 e. The Morgan fingerprint density at radius 1 is 0.964 bits per heavy atom. The number of amides is 2. The van der Waals surface area contributed by atoms with Gasteiger partial charge >= 0.3 is 0 Å². The molecule has 0 aliphatic heterocycles. The molecule has 2 aromatic carbocycles. The first-order valence-electron chi connectivity index (χ1n) is 8.14. The van der Waals surface area contributed by atoms with Crippen molar-refractivity contribution >= 4 is 33.2 Å². The van der Waals surface area contributed by atoms with Crippen LogP contribution in [0.5, 0.6) is 0 Å². The molecule has 9 heteroatoms. The number of primary amides is 1. The van der Waals surface area contributed by atoms with Gasteiger partial charge in [-0.3, -0.25) is 15.0 Å². The van der Waals surface area contributed by atoms with Gasteiger partial charge in [-0.1, -0.05) is 29.8 Å². The normalized spacial score (nSPS) is 11.2. The number of rotatable bonds is 6. The maximum atomic E-state index is 12.5. The summed E-state index contributed by atoms with van der Waals surface area (Å²) in [5.74, 6) is -1.23. The van der Waals surface area contributed by atoms with E-state index in [0.717, 1.165) is 11.1 Å². The minimum absolute atomic E-state index is 0.109. The molecule has 1 heterocycles. The van der Waals surface area contributed by atoms with Crippen LogP contribution < -0.4 is 16.0 Å². The highest BCUT2D eigenvalue weighted by molar-refractivity contribution is 7.89. The van der Waals surface area contributed by atoms with Crippen LogP contribution in [-0.4, -0.2) is 20.2 Å². The van der Waals surface area contributed by atoms with Crippen LogP contribution >= 0.6 is 11.3 Å². The molecule has 0 aliphatic carbocycles. The standard InChI is InChI=1S/C19H17N3O4S2/c1-12-2-4-13(5-3-12)16-10-11-27-17(16)19(24)21-22-28(25,26)15-8-6-14(7-9-15)18(20)23/h2-11,22H,1H3,(H2,20,23)(H,21,24). The van der Waals surface area contributed by atoms with E-state index in [2.05, 4.69) is 10.3 Å². The van der Waals surface area contributed by atoms with Crippen molar-refractivity contribution in [3.63, 3.8) is 0 Å². The van der Waals surface area contributed by atoms with Crippen molar-refractivity contribution in [2.75, 3.05) is 0 Å². The highest BCUT2D eigenvalue weighted by atomic mass is 32.2. The van der Waals surface area contributed by atoms with Crippen LogP contribution in [0.4, 0.5) is 0 Å². The molecular formula is C19H17N3O4S2. The second kappa shape index (κ2) is 7.93. The Balaban J connectivity index is 1.74. The summed E-state index contributed by atoms with van der Waals surface area (Å²) in [6.45, 7) is 1.97. The summed E-state index contributed by atoms with van der Waals surface area (Å²) >= 11 is 1.21. The lowest BCUT2D eigenvalue weighted by molar-refractivity contribution is 0.0948. The molecule has 0 unspecified atom stereocenters. The molecule has 0 radical (unpaired) electrons. The summed E-state index contributed by atoms with van der Waals surface area (Å²) in [5.41, 5.74) is 10.2. The van der Waals surface area contributed by atoms with E-state index in [1.165, 1.54) is 35.6 Å². The highest BCUT2D eigenvalue weighted by Crippen LogP contribution is 2.28. The topological polar surface area (TPSA) is 118 Å². The van der Waals surface area contributed by atoms with Crippen molar-refractivity contribution in [1.82, 2.24) is 10.3 Å². The highest BCUT2D eigenvalue weighted by Gasteiger charge is 2.19. The molecule has 0 spiro atoms. The zero-order chi connectivity index (χ0) is 20.3. The molecule has 28 heavy (non-hydrogen) atoms. The summed E-state index contributed by atoms with van der Waals surface area (Å²) in [5, 5.41) is 1.77. The van der Waals surface area contributed by atoms with E-state index in [4.69, 9.17) is 5.73 Å². The second-order valence-corrected chi connectivity index (χ2v) is 8.58. The van der Waals surface area contributed by atoms with Gasteiger partial charge in [0.2, 0.25) is 5.91 Å². The lowest BCUT2D eigenvalue weighted by Gasteiger charge is -2.09. The minimum atomic E-state index is -4.00. The number of nitrogens with two attached hydrogens (primary N) is 1. The zero-order valence-electron chi connectivity index (χ0n) is 14.8. The summed E-state index contributed by atoms with van der Waals surface area (Å²) in [4.78, 5) is 25.9. The van der Waals surface area contributed by atoms with E-state index in [1.807, 2.05) is 31.2 Å². The van der Waals surface area contributed by atoms with Gasteiger partial charge in [0.05, 0.1) is 4.90 Å². The third kappa shape index (κ3) is 4.28.